The van der Waals surface area contributed by atoms with Gasteiger partial charge in [0.1, 0.15) is 0 Å². The van der Waals surface area contributed by atoms with Crippen LogP contribution in [-0.4, -0.2) is 27.3 Å². The number of benzene rings is 2. The fourth-order valence-electron chi connectivity index (χ4n) is 2.85. The molecule has 3 nitrogen and oxygen atoms in total. The highest BCUT2D eigenvalue weighted by Gasteiger charge is 2.36. The molecule has 0 aliphatic heterocycles. The zero-order valence-corrected chi connectivity index (χ0v) is 15.3. The van der Waals surface area contributed by atoms with E-state index in [1.165, 1.54) is 0 Å². The van der Waals surface area contributed by atoms with Crippen molar-refractivity contribution in [1.29, 1.82) is 0 Å². The summed E-state index contributed by atoms with van der Waals surface area (Å²) < 4.78 is 11.5. The van der Waals surface area contributed by atoms with Crippen molar-refractivity contribution in [3.8, 4) is 0 Å². The van der Waals surface area contributed by atoms with Gasteiger partial charge in [-0.1, -0.05) is 23.7 Å². The minimum Gasteiger partial charge on any atom is -0.329 e. The van der Waals surface area contributed by atoms with E-state index < -0.39 is 10.8 Å². The molecule has 126 valence electrons. The van der Waals surface area contributed by atoms with Crippen molar-refractivity contribution in [2.45, 2.75) is 36.7 Å². The van der Waals surface area contributed by atoms with Crippen LogP contribution >= 0.6 is 11.6 Å². The Morgan fingerprint density at radius 2 is 1.71 bits per heavy atom. The molecule has 3 rings (SSSR count). The second-order valence-electron chi connectivity index (χ2n) is 6.15. The van der Waals surface area contributed by atoms with E-state index in [0.717, 1.165) is 23.3 Å². The van der Waals surface area contributed by atoms with E-state index in [0.29, 0.717) is 16.6 Å². The Kier molecular flexibility index (Phi) is 5.07. The molecule has 1 amide bonds. The summed E-state index contributed by atoms with van der Waals surface area (Å²) in [5, 5.41) is 0.693. The van der Waals surface area contributed by atoms with E-state index >= 15 is 0 Å². The Bertz CT molecular complexity index is 754. The maximum absolute atomic E-state index is 13.0. The third-order valence-corrected chi connectivity index (χ3v) is 5.57. The molecule has 0 spiro atoms. The number of rotatable bonds is 5. The van der Waals surface area contributed by atoms with E-state index in [1.54, 1.807) is 30.5 Å². The van der Waals surface area contributed by atoms with Crippen LogP contribution in [0.2, 0.25) is 5.02 Å². The van der Waals surface area contributed by atoms with Crippen molar-refractivity contribution in [2.75, 3.05) is 6.26 Å². The predicted octanol–water partition coefficient (Wildman–Crippen LogP) is 4.44. The lowest BCUT2D eigenvalue weighted by atomic mass is 10.1. The van der Waals surface area contributed by atoms with Gasteiger partial charge in [-0.15, -0.1) is 0 Å². The topological polar surface area (TPSA) is 37.4 Å². The lowest BCUT2D eigenvalue weighted by molar-refractivity contribution is 0.0674. The summed E-state index contributed by atoms with van der Waals surface area (Å²) in [6, 6.07) is 15.0. The molecule has 2 aromatic carbocycles. The molecular formula is C19H20ClNO2S. The molecule has 1 aliphatic carbocycles. The summed E-state index contributed by atoms with van der Waals surface area (Å²) >= 11 is 5.96. The van der Waals surface area contributed by atoms with Gasteiger partial charge in [-0.3, -0.25) is 9.00 Å². The van der Waals surface area contributed by atoms with Crippen molar-refractivity contribution in [3.05, 3.63) is 64.7 Å². The van der Waals surface area contributed by atoms with Crippen molar-refractivity contribution < 1.29 is 9.00 Å². The van der Waals surface area contributed by atoms with E-state index in [2.05, 4.69) is 6.92 Å². The average molecular weight is 362 g/mol. The molecule has 0 aromatic heterocycles. The highest BCUT2D eigenvalue weighted by molar-refractivity contribution is 7.84. The molecule has 1 saturated carbocycles. The van der Waals surface area contributed by atoms with Crippen molar-refractivity contribution >= 4 is 28.3 Å². The Hall–Kier alpha value is -1.65. The zero-order valence-electron chi connectivity index (χ0n) is 13.7. The number of hydrogen-bond acceptors (Lipinski definition) is 2. The molecule has 1 fully saturated rings. The third-order valence-electron chi connectivity index (χ3n) is 4.38. The van der Waals surface area contributed by atoms with Gasteiger partial charge in [-0.2, -0.15) is 0 Å². The first-order valence-electron chi connectivity index (χ1n) is 7.99. The van der Waals surface area contributed by atoms with E-state index in [4.69, 9.17) is 11.6 Å². The highest BCUT2D eigenvalue weighted by atomic mass is 35.5. The molecule has 2 atom stereocenters. The van der Waals surface area contributed by atoms with Crippen LogP contribution in [0, 0.1) is 0 Å². The minimum atomic E-state index is -1.04. The molecule has 2 aromatic rings. The van der Waals surface area contributed by atoms with Crippen molar-refractivity contribution in [3.63, 3.8) is 0 Å². The largest absolute Gasteiger partial charge is 0.329 e. The smallest absolute Gasteiger partial charge is 0.254 e. The summed E-state index contributed by atoms with van der Waals surface area (Å²) in [5.41, 5.74) is 1.71. The van der Waals surface area contributed by atoms with E-state index in [-0.39, 0.29) is 11.9 Å². The fraction of sp³-hybridized carbons (Fsp3) is 0.316. The molecule has 0 radical (unpaired) electrons. The lowest BCUT2D eigenvalue weighted by Gasteiger charge is -2.30. The van der Waals surface area contributed by atoms with Crippen LogP contribution < -0.4 is 0 Å². The Morgan fingerprint density at radius 1 is 1.12 bits per heavy atom. The van der Waals surface area contributed by atoms with Gasteiger partial charge in [0.15, 0.2) is 0 Å². The Balaban J connectivity index is 1.86. The maximum Gasteiger partial charge on any atom is 0.254 e. The molecule has 0 N–H and O–H groups in total. The third kappa shape index (κ3) is 3.70. The maximum atomic E-state index is 13.0. The van der Waals surface area contributed by atoms with Gasteiger partial charge >= 0.3 is 0 Å². The van der Waals surface area contributed by atoms with Gasteiger partial charge in [0.25, 0.3) is 5.91 Å². The molecule has 1 aliphatic rings. The quantitative estimate of drug-likeness (QED) is 0.789. The standard InChI is InChI=1S/C19H20ClNO2S/c1-13(14-3-7-16(20)8-4-14)21(17-9-10-17)19(22)15-5-11-18(12-6-15)24(2)23/h3-8,11-13,17H,9-10H2,1-2H3/t13-,24+/m1/s1. The number of carbonyl (C=O) groups is 1. The SMILES string of the molecule is C[C@H](c1ccc(Cl)cc1)N(C(=O)c1ccc([S@](C)=O)cc1)C1CC1. The summed E-state index contributed by atoms with van der Waals surface area (Å²) in [6.07, 6.45) is 3.72. The van der Waals surface area contributed by atoms with Gasteiger partial charge in [0, 0.05) is 38.6 Å². The molecule has 5 heteroatoms. The Labute approximate surface area is 150 Å². The number of halogens is 1. The normalized spacial score (nSPS) is 16.5. The lowest BCUT2D eigenvalue weighted by Crippen LogP contribution is -2.35. The summed E-state index contributed by atoms with van der Waals surface area (Å²) in [6.45, 7) is 2.05. The second kappa shape index (κ2) is 7.08. The zero-order chi connectivity index (χ0) is 17.3. The first-order valence-corrected chi connectivity index (χ1v) is 9.92. The second-order valence-corrected chi connectivity index (χ2v) is 7.97. The van der Waals surface area contributed by atoms with Gasteiger partial charge in [0.05, 0.1) is 6.04 Å². The van der Waals surface area contributed by atoms with Gasteiger partial charge in [-0.25, -0.2) is 0 Å². The van der Waals surface area contributed by atoms with Gasteiger partial charge < -0.3 is 4.90 Å². The molecule has 0 bridgehead atoms. The monoisotopic (exact) mass is 361 g/mol. The van der Waals surface area contributed by atoms with Crippen molar-refractivity contribution in [2.24, 2.45) is 0 Å². The first-order chi connectivity index (χ1) is 11.5. The summed E-state index contributed by atoms with van der Waals surface area (Å²) in [7, 11) is -1.04. The van der Waals surface area contributed by atoms with Crippen LogP contribution in [0.3, 0.4) is 0 Å². The highest BCUT2D eigenvalue weighted by Crippen LogP contribution is 2.36. The van der Waals surface area contributed by atoms with E-state index in [9.17, 15) is 9.00 Å². The Morgan fingerprint density at radius 3 is 2.21 bits per heavy atom. The molecule has 0 unspecified atom stereocenters. The minimum absolute atomic E-state index is 0.0118. The summed E-state index contributed by atoms with van der Waals surface area (Å²) in [5.74, 6) is 0.0217. The van der Waals surface area contributed by atoms with Crippen LogP contribution in [0.1, 0.15) is 41.7 Å². The number of amides is 1. The molecule has 0 saturated heterocycles. The fourth-order valence-corrected chi connectivity index (χ4v) is 3.50. The molecule has 0 heterocycles. The van der Waals surface area contributed by atoms with Gasteiger partial charge in [0.2, 0.25) is 0 Å². The number of nitrogens with zero attached hydrogens (tertiary/aromatic N) is 1. The summed E-state index contributed by atoms with van der Waals surface area (Å²) in [4.78, 5) is 15.7. The molecular weight excluding hydrogens is 342 g/mol. The van der Waals surface area contributed by atoms with Crippen LogP contribution in [0.15, 0.2) is 53.4 Å². The van der Waals surface area contributed by atoms with E-state index in [1.807, 2.05) is 29.2 Å². The number of carbonyl (C=O) groups excluding carboxylic acids is 1. The molecule has 24 heavy (non-hydrogen) atoms. The van der Waals surface area contributed by atoms with Crippen LogP contribution in [-0.2, 0) is 10.8 Å². The number of hydrogen-bond donors (Lipinski definition) is 0. The van der Waals surface area contributed by atoms with Crippen molar-refractivity contribution in [1.82, 2.24) is 4.90 Å². The van der Waals surface area contributed by atoms with Gasteiger partial charge in [-0.05, 0) is 61.7 Å². The predicted molar refractivity (Wildman–Crippen MR) is 97.8 cm³/mol. The van der Waals surface area contributed by atoms with Crippen LogP contribution in [0.5, 0.6) is 0 Å². The van der Waals surface area contributed by atoms with Crippen LogP contribution in [0.4, 0.5) is 0 Å². The first kappa shape index (κ1) is 17.2. The van der Waals surface area contributed by atoms with Crippen LogP contribution in [0.25, 0.3) is 0 Å². The average Bonchev–Trinajstić information content (AvgIpc) is 3.40.